The van der Waals surface area contributed by atoms with Crippen molar-refractivity contribution >= 4 is 21.4 Å². The summed E-state index contributed by atoms with van der Waals surface area (Å²) in [5.41, 5.74) is 1.94. The van der Waals surface area contributed by atoms with Crippen molar-refractivity contribution in [3.63, 3.8) is 0 Å². The number of rotatable bonds is 2. The van der Waals surface area contributed by atoms with Crippen LogP contribution in [0, 0.1) is 6.92 Å². The zero-order valence-electron chi connectivity index (χ0n) is 12.0. The summed E-state index contributed by atoms with van der Waals surface area (Å²) < 4.78 is 24.9. The highest BCUT2D eigenvalue weighted by atomic mass is 32.2. The number of aryl methyl sites for hydroxylation is 1. The number of hydrogen-bond donors (Lipinski definition) is 0. The predicted molar refractivity (Wildman–Crippen MR) is 79.1 cm³/mol. The Morgan fingerprint density at radius 3 is 2.90 bits per heavy atom. The molecule has 1 amide bonds. The third-order valence-electron chi connectivity index (χ3n) is 3.91. The zero-order chi connectivity index (χ0) is 15.2. The molecule has 7 heteroatoms. The zero-order valence-corrected chi connectivity index (χ0v) is 12.8. The van der Waals surface area contributed by atoms with Crippen LogP contribution >= 0.6 is 0 Å². The van der Waals surface area contributed by atoms with Crippen molar-refractivity contribution in [2.75, 3.05) is 18.6 Å². The molecule has 21 heavy (non-hydrogen) atoms. The Labute approximate surface area is 123 Å². The van der Waals surface area contributed by atoms with Crippen LogP contribution in [0.25, 0.3) is 5.65 Å². The minimum atomic E-state index is -3.01. The van der Waals surface area contributed by atoms with E-state index >= 15 is 0 Å². The first kappa shape index (κ1) is 14.1. The molecule has 6 nitrogen and oxygen atoms in total. The molecule has 0 aliphatic carbocycles. The highest BCUT2D eigenvalue weighted by Gasteiger charge is 2.33. The van der Waals surface area contributed by atoms with Crippen LogP contribution in [0.2, 0.25) is 0 Å². The Morgan fingerprint density at radius 2 is 2.24 bits per heavy atom. The van der Waals surface area contributed by atoms with Crippen molar-refractivity contribution in [2.24, 2.45) is 0 Å². The summed E-state index contributed by atoms with van der Waals surface area (Å²) >= 11 is 0. The largest absolute Gasteiger partial charge is 0.338 e. The molecule has 1 saturated heterocycles. The Hall–Kier alpha value is -1.89. The average molecular weight is 307 g/mol. The van der Waals surface area contributed by atoms with Gasteiger partial charge < -0.3 is 9.30 Å². The van der Waals surface area contributed by atoms with Gasteiger partial charge in [-0.3, -0.25) is 4.79 Å². The lowest BCUT2D eigenvalue weighted by Crippen LogP contribution is -2.38. The van der Waals surface area contributed by atoms with Crippen molar-refractivity contribution in [1.29, 1.82) is 0 Å². The van der Waals surface area contributed by atoms with Gasteiger partial charge in [-0.25, -0.2) is 13.4 Å². The maximum absolute atomic E-state index is 12.6. The summed E-state index contributed by atoms with van der Waals surface area (Å²) in [6.07, 6.45) is 4.19. The van der Waals surface area contributed by atoms with Gasteiger partial charge in [-0.1, -0.05) is 0 Å². The van der Waals surface area contributed by atoms with Gasteiger partial charge in [0.15, 0.2) is 9.84 Å². The second kappa shape index (κ2) is 4.84. The predicted octanol–water partition coefficient (Wildman–Crippen LogP) is 0.902. The lowest BCUT2D eigenvalue weighted by atomic mass is 10.2. The van der Waals surface area contributed by atoms with Crippen LogP contribution in [0.15, 0.2) is 24.5 Å². The van der Waals surface area contributed by atoms with Gasteiger partial charge >= 0.3 is 0 Å². The van der Waals surface area contributed by atoms with Crippen molar-refractivity contribution in [1.82, 2.24) is 14.3 Å². The van der Waals surface area contributed by atoms with Crippen LogP contribution in [-0.2, 0) is 9.84 Å². The Balaban J connectivity index is 1.93. The molecule has 0 aromatic carbocycles. The maximum Gasteiger partial charge on any atom is 0.257 e. The summed E-state index contributed by atoms with van der Waals surface area (Å²) in [7, 11) is -1.35. The van der Waals surface area contributed by atoms with E-state index in [2.05, 4.69) is 4.98 Å². The molecule has 0 N–H and O–H groups in total. The number of nitrogens with zero attached hydrogens (tertiary/aromatic N) is 3. The normalized spacial score (nSPS) is 20.8. The molecule has 1 aliphatic rings. The molecule has 0 radical (unpaired) electrons. The van der Waals surface area contributed by atoms with E-state index in [1.165, 1.54) is 4.90 Å². The minimum absolute atomic E-state index is 0.0474. The first-order valence-electron chi connectivity index (χ1n) is 6.79. The fourth-order valence-electron chi connectivity index (χ4n) is 2.74. The Bertz CT molecular complexity index is 810. The number of amides is 1. The van der Waals surface area contributed by atoms with E-state index in [1.54, 1.807) is 19.2 Å². The summed E-state index contributed by atoms with van der Waals surface area (Å²) in [4.78, 5) is 18.5. The number of aromatic nitrogens is 2. The second-order valence-electron chi connectivity index (χ2n) is 5.51. The molecule has 1 aliphatic heterocycles. The van der Waals surface area contributed by atoms with Gasteiger partial charge in [0.25, 0.3) is 5.91 Å². The highest BCUT2D eigenvalue weighted by molar-refractivity contribution is 7.91. The Morgan fingerprint density at radius 1 is 1.48 bits per heavy atom. The second-order valence-corrected chi connectivity index (χ2v) is 7.74. The summed E-state index contributed by atoms with van der Waals surface area (Å²) in [5.74, 6) is 0.0154. The maximum atomic E-state index is 12.6. The van der Waals surface area contributed by atoms with Gasteiger partial charge in [-0.05, 0) is 25.5 Å². The van der Waals surface area contributed by atoms with E-state index in [0.717, 1.165) is 5.69 Å². The van der Waals surface area contributed by atoms with E-state index in [9.17, 15) is 13.2 Å². The number of imidazole rings is 1. The molecular weight excluding hydrogens is 290 g/mol. The van der Waals surface area contributed by atoms with Gasteiger partial charge in [0, 0.05) is 25.5 Å². The minimum Gasteiger partial charge on any atom is -0.338 e. The lowest BCUT2D eigenvalue weighted by Gasteiger charge is -2.23. The molecule has 0 bridgehead atoms. The molecule has 2 aromatic heterocycles. The average Bonchev–Trinajstić information content (AvgIpc) is 2.98. The summed E-state index contributed by atoms with van der Waals surface area (Å²) in [5, 5.41) is 0. The molecule has 0 spiro atoms. The molecule has 0 saturated carbocycles. The molecule has 3 heterocycles. The first-order valence-corrected chi connectivity index (χ1v) is 8.61. The van der Waals surface area contributed by atoms with Crippen LogP contribution in [0.4, 0.5) is 0 Å². The van der Waals surface area contributed by atoms with Crippen LogP contribution in [0.1, 0.15) is 22.5 Å². The molecule has 3 rings (SSSR count). The standard InChI is InChI=1S/C14H17N3O3S/c1-10-8-17-6-3-4-12(13(17)15-10)14(18)16(2)11-5-7-21(19,20)9-11/h3-4,6,8,11H,5,7,9H2,1-2H3. The third kappa shape index (κ3) is 2.53. The number of pyridine rings is 1. The third-order valence-corrected chi connectivity index (χ3v) is 5.66. The van der Waals surface area contributed by atoms with Crippen LogP contribution in [-0.4, -0.2) is 53.2 Å². The van der Waals surface area contributed by atoms with Gasteiger partial charge in [-0.2, -0.15) is 0 Å². The van der Waals surface area contributed by atoms with E-state index < -0.39 is 9.84 Å². The fourth-order valence-corrected chi connectivity index (χ4v) is 4.51. The van der Waals surface area contributed by atoms with Crippen LogP contribution < -0.4 is 0 Å². The smallest absolute Gasteiger partial charge is 0.257 e. The molecule has 1 unspecified atom stereocenters. The van der Waals surface area contributed by atoms with Crippen molar-refractivity contribution in [2.45, 2.75) is 19.4 Å². The molecule has 2 aromatic rings. The molecule has 112 valence electrons. The molecule has 1 fully saturated rings. The number of carbonyl (C=O) groups excluding carboxylic acids is 1. The fraction of sp³-hybridized carbons (Fsp3) is 0.429. The summed E-state index contributed by atoms with van der Waals surface area (Å²) in [6, 6.07) is 3.27. The van der Waals surface area contributed by atoms with Crippen molar-refractivity contribution in [3.8, 4) is 0 Å². The summed E-state index contributed by atoms with van der Waals surface area (Å²) in [6.45, 7) is 1.87. The topological polar surface area (TPSA) is 71.8 Å². The van der Waals surface area contributed by atoms with Crippen LogP contribution in [0.5, 0.6) is 0 Å². The van der Waals surface area contributed by atoms with Gasteiger partial charge in [0.1, 0.15) is 5.65 Å². The molecular formula is C14H17N3O3S. The van der Waals surface area contributed by atoms with Crippen LogP contribution in [0.3, 0.4) is 0 Å². The van der Waals surface area contributed by atoms with Gasteiger partial charge in [-0.15, -0.1) is 0 Å². The lowest BCUT2D eigenvalue weighted by molar-refractivity contribution is 0.0749. The van der Waals surface area contributed by atoms with E-state index in [1.807, 2.05) is 23.7 Å². The van der Waals surface area contributed by atoms with E-state index in [4.69, 9.17) is 0 Å². The number of hydrogen-bond acceptors (Lipinski definition) is 4. The number of fused-ring (bicyclic) bond motifs is 1. The monoisotopic (exact) mass is 307 g/mol. The molecule has 1 atom stereocenters. The SMILES string of the molecule is Cc1cn2cccc(C(=O)N(C)C3CCS(=O)(=O)C3)c2n1. The van der Waals surface area contributed by atoms with Crippen molar-refractivity contribution < 1.29 is 13.2 Å². The van der Waals surface area contributed by atoms with E-state index in [0.29, 0.717) is 17.6 Å². The Kier molecular flexibility index (Phi) is 3.24. The first-order chi connectivity index (χ1) is 9.87. The highest BCUT2D eigenvalue weighted by Crippen LogP contribution is 2.20. The van der Waals surface area contributed by atoms with Crippen molar-refractivity contribution in [3.05, 3.63) is 35.8 Å². The number of sulfone groups is 1. The van der Waals surface area contributed by atoms with Gasteiger partial charge in [0.2, 0.25) is 0 Å². The quantitative estimate of drug-likeness (QED) is 0.826. The van der Waals surface area contributed by atoms with Gasteiger partial charge in [0.05, 0.1) is 22.8 Å². The van der Waals surface area contributed by atoms with E-state index in [-0.39, 0.29) is 23.5 Å². The number of carbonyl (C=O) groups is 1.